The largest absolute Gasteiger partial charge is 0.349 e. The number of hydrogen-bond acceptors (Lipinski definition) is 3. The molecule has 0 aliphatic heterocycles. The van der Waals surface area contributed by atoms with Gasteiger partial charge in [0, 0.05) is 52.4 Å². The fourth-order valence-corrected chi connectivity index (χ4v) is 1.63. The highest BCUT2D eigenvalue weighted by Crippen LogP contribution is 2.16. The maximum atomic E-state index is 11.7. The van der Waals surface area contributed by atoms with Crippen molar-refractivity contribution < 1.29 is 14.4 Å². The minimum absolute atomic E-state index is 0.0445. The van der Waals surface area contributed by atoms with Gasteiger partial charge in [0.1, 0.15) is 0 Å². The Balaban J connectivity index is 2.45. The molecule has 1 rings (SSSR count). The van der Waals surface area contributed by atoms with E-state index >= 15 is 0 Å². The van der Waals surface area contributed by atoms with E-state index in [1.165, 1.54) is 16.7 Å². The highest BCUT2D eigenvalue weighted by Gasteiger charge is 2.07. The molecule has 0 fully saturated rings. The fourth-order valence-electron chi connectivity index (χ4n) is 1.63. The summed E-state index contributed by atoms with van der Waals surface area (Å²) >= 11 is 0. The number of urea groups is 1. The van der Waals surface area contributed by atoms with E-state index in [0.29, 0.717) is 5.69 Å². The van der Waals surface area contributed by atoms with E-state index in [1.54, 1.807) is 45.4 Å². The minimum atomic E-state index is -0.376. The second kappa shape index (κ2) is 8.02. The SMILES string of the molecule is CC(=O)N(C)c1ccc(NC(=O)NCCC(=O)N(C)C)cc1. The highest BCUT2D eigenvalue weighted by atomic mass is 16.2. The van der Waals surface area contributed by atoms with Gasteiger partial charge in [-0.3, -0.25) is 9.59 Å². The van der Waals surface area contributed by atoms with Crippen LogP contribution in [0, 0.1) is 0 Å². The average molecular weight is 306 g/mol. The van der Waals surface area contributed by atoms with E-state index < -0.39 is 0 Å². The molecule has 22 heavy (non-hydrogen) atoms. The number of nitrogens with one attached hydrogen (secondary N) is 2. The molecule has 0 aromatic heterocycles. The van der Waals surface area contributed by atoms with E-state index in [1.807, 2.05) is 0 Å². The summed E-state index contributed by atoms with van der Waals surface area (Å²) in [6.45, 7) is 1.75. The van der Waals surface area contributed by atoms with Gasteiger partial charge in [0.2, 0.25) is 11.8 Å². The molecule has 0 saturated carbocycles. The van der Waals surface area contributed by atoms with E-state index in [0.717, 1.165) is 5.69 Å². The summed E-state index contributed by atoms with van der Waals surface area (Å²) in [5.41, 5.74) is 1.35. The van der Waals surface area contributed by atoms with Crippen LogP contribution in [0.4, 0.5) is 16.2 Å². The molecule has 0 radical (unpaired) electrons. The number of amides is 4. The van der Waals surface area contributed by atoms with Crippen LogP contribution in [0.5, 0.6) is 0 Å². The average Bonchev–Trinajstić information content (AvgIpc) is 2.46. The van der Waals surface area contributed by atoms with Crippen molar-refractivity contribution >= 4 is 29.2 Å². The Morgan fingerprint density at radius 2 is 1.64 bits per heavy atom. The van der Waals surface area contributed by atoms with E-state index in [9.17, 15) is 14.4 Å². The second-order valence-corrected chi connectivity index (χ2v) is 5.04. The summed E-state index contributed by atoms with van der Waals surface area (Å²) in [5, 5.41) is 5.27. The Morgan fingerprint density at radius 1 is 1.05 bits per heavy atom. The second-order valence-electron chi connectivity index (χ2n) is 5.04. The van der Waals surface area contributed by atoms with Crippen LogP contribution < -0.4 is 15.5 Å². The first kappa shape index (κ1) is 17.5. The van der Waals surface area contributed by atoms with Gasteiger partial charge in [-0.15, -0.1) is 0 Å². The van der Waals surface area contributed by atoms with Gasteiger partial charge in [-0.2, -0.15) is 0 Å². The Kier molecular flexibility index (Phi) is 6.37. The summed E-state index contributed by atoms with van der Waals surface area (Å²) in [5.74, 6) is -0.110. The molecule has 0 spiro atoms. The van der Waals surface area contributed by atoms with Crippen molar-refractivity contribution in [3.05, 3.63) is 24.3 Å². The van der Waals surface area contributed by atoms with Crippen molar-refractivity contribution in [3.8, 4) is 0 Å². The topological polar surface area (TPSA) is 81.8 Å². The summed E-state index contributed by atoms with van der Waals surface area (Å²) in [7, 11) is 5.02. The molecule has 1 aromatic rings. The third-order valence-electron chi connectivity index (χ3n) is 3.11. The molecule has 2 N–H and O–H groups in total. The van der Waals surface area contributed by atoms with Gasteiger partial charge < -0.3 is 20.4 Å². The first-order valence-electron chi connectivity index (χ1n) is 6.90. The number of nitrogens with zero attached hydrogens (tertiary/aromatic N) is 2. The molecule has 0 bridgehead atoms. The molecule has 0 aliphatic carbocycles. The molecule has 120 valence electrons. The number of benzene rings is 1. The Bertz CT molecular complexity index is 540. The van der Waals surface area contributed by atoms with Gasteiger partial charge in [0.05, 0.1) is 0 Å². The Labute approximate surface area is 130 Å². The zero-order chi connectivity index (χ0) is 16.7. The van der Waals surface area contributed by atoms with Crippen LogP contribution in [-0.4, -0.2) is 50.4 Å². The first-order valence-corrected chi connectivity index (χ1v) is 6.90. The van der Waals surface area contributed by atoms with Gasteiger partial charge in [-0.1, -0.05) is 0 Å². The normalized spacial score (nSPS) is 9.82. The highest BCUT2D eigenvalue weighted by molar-refractivity contribution is 5.92. The zero-order valence-corrected chi connectivity index (χ0v) is 13.3. The van der Waals surface area contributed by atoms with Crippen molar-refractivity contribution in [2.45, 2.75) is 13.3 Å². The van der Waals surface area contributed by atoms with E-state index in [4.69, 9.17) is 0 Å². The molecular weight excluding hydrogens is 284 g/mol. The van der Waals surface area contributed by atoms with Gasteiger partial charge in [-0.05, 0) is 24.3 Å². The zero-order valence-electron chi connectivity index (χ0n) is 13.3. The number of carbonyl (C=O) groups excluding carboxylic acids is 3. The predicted octanol–water partition coefficient (Wildman–Crippen LogP) is 1.27. The molecule has 0 saturated heterocycles. The third kappa shape index (κ3) is 5.43. The molecule has 7 nitrogen and oxygen atoms in total. The maximum absolute atomic E-state index is 11.7. The first-order chi connectivity index (χ1) is 10.3. The summed E-state index contributed by atoms with van der Waals surface area (Å²) < 4.78 is 0. The fraction of sp³-hybridized carbons (Fsp3) is 0.400. The Morgan fingerprint density at radius 3 is 2.14 bits per heavy atom. The van der Waals surface area contributed by atoms with Crippen molar-refractivity contribution in [3.63, 3.8) is 0 Å². The lowest BCUT2D eigenvalue weighted by Gasteiger charge is -2.15. The van der Waals surface area contributed by atoms with Crippen molar-refractivity contribution in [1.29, 1.82) is 0 Å². The molecule has 0 atom stereocenters. The van der Waals surface area contributed by atoms with E-state index in [-0.39, 0.29) is 30.8 Å². The number of rotatable bonds is 5. The predicted molar refractivity (Wildman–Crippen MR) is 85.9 cm³/mol. The number of anilines is 2. The van der Waals surface area contributed by atoms with Crippen molar-refractivity contribution in [2.75, 3.05) is 37.9 Å². The molecular formula is C15H22N4O3. The van der Waals surface area contributed by atoms with Gasteiger partial charge in [0.15, 0.2) is 0 Å². The molecule has 1 aromatic carbocycles. The van der Waals surface area contributed by atoms with Gasteiger partial charge in [-0.25, -0.2) is 4.79 Å². The molecule has 4 amide bonds. The number of hydrogen-bond donors (Lipinski definition) is 2. The summed E-state index contributed by atoms with van der Waals surface area (Å²) in [4.78, 5) is 37.3. The minimum Gasteiger partial charge on any atom is -0.349 e. The van der Waals surface area contributed by atoms with Crippen LogP contribution in [0.15, 0.2) is 24.3 Å². The van der Waals surface area contributed by atoms with E-state index in [2.05, 4.69) is 10.6 Å². The summed E-state index contributed by atoms with van der Waals surface area (Å²) in [6.07, 6.45) is 0.253. The molecule has 0 heterocycles. The van der Waals surface area contributed by atoms with Crippen LogP contribution in [-0.2, 0) is 9.59 Å². The van der Waals surface area contributed by atoms with Crippen LogP contribution in [0.25, 0.3) is 0 Å². The van der Waals surface area contributed by atoms with Gasteiger partial charge in [0.25, 0.3) is 0 Å². The van der Waals surface area contributed by atoms with Crippen LogP contribution >= 0.6 is 0 Å². The molecule has 0 unspecified atom stereocenters. The van der Waals surface area contributed by atoms with Crippen LogP contribution in [0.2, 0.25) is 0 Å². The Hall–Kier alpha value is -2.57. The smallest absolute Gasteiger partial charge is 0.319 e. The monoisotopic (exact) mass is 306 g/mol. The number of carbonyl (C=O) groups is 3. The van der Waals surface area contributed by atoms with Crippen molar-refractivity contribution in [2.24, 2.45) is 0 Å². The lowest BCUT2D eigenvalue weighted by Crippen LogP contribution is -2.33. The summed E-state index contributed by atoms with van der Waals surface area (Å²) in [6, 6.07) is 6.52. The lowest BCUT2D eigenvalue weighted by molar-refractivity contribution is -0.128. The lowest BCUT2D eigenvalue weighted by atomic mass is 10.2. The maximum Gasteiger partial charge on any atom is 0.319 e. The van der Waals surface area contributed by atoms with Gasteiger partial charge >= 0.3 is 6.03 Å². The van der Waals surface area contributed by atoms with Crippen LogP contribution in [0.1, 0.15) is 13.3 Å². The molecule has 7 heteroatoms. The quantitative estimate of drug-likeness (QED) is 0.859. The standard InChI is InChI=1S/C15H22N4O3/c1-11(20)19(4)13-7-5-12(6-8-13)17-15(22)16-10-9-14(21)18(2)3/h5-8H,9-10H2,1-4H3,(H2,16,17,22). The molecule has 0 aliphatic rings. The van der Waals surface area contributed by atoms with Crippen molar-refractivity contribution in [1.82, 2.24) is 10.2 Å². The third-order valence-corrected chi connectivity index (χ3v) is 3.11. The van der Waals surface area contributed by atoms with Crippen LogP contribution in [0.3, 0.4) is 0 Å².